The zero-order chi connectivity index (χ0) is 10.7. The van der Waals surface area contributed by atoms with Gasteiger partial charge in [0, 0.05) is 25.7 Å². The lowest BCUT2D eigenvalue weighted by molar-refractivity contribution is -0.133. The molecule has 0 spiro atoms. The number of carbonyl (C=O) groups is 1. The molecule has 0 aliphatic rings. The Morgan fingerprint density at radius 1 is 1.23 bits per heavy atom. The van der Waals surface area contributed by atoms with Crippen LogP contribution in [0.3, 0.4) is 0 Å². The van der Waals surface area contributed by atoms with E-state index in [9.17, 15) is 4.79 Å². The van der Waals surface area contributed by atoms with Gasteiger partial charge in [-0.3, -0.25) is 4.79 Å². The van der Waals surface area contributed by atoms with Crippen molar-refractivity contribution in [2.24, 2.45) is 5.92 Å². The van der Waals surface area contributed by atoms with E-state index < -0.39 is 5.97 Å². The number of carboxylic acids is 1. The van der Waals surface area contributed by atoms with Crippen molar-refractivity contribution >= 4 is 18.6 Å². The summed E-state index contributed by atoms with van der Waals surface area (Å²) >= 11 is 3.42. The van der Waals surface area contributed by atoms with Crippen LogP contribution in [0.5, 0.6) is 0 Å². The van der Waals surface area contributed by atoms with Crippen molar-refractivity contribution in [2.75, 3.05) is 25.6 Å². The van der Waals surface area contributed by atoms with E-state index in [1.165, 1.54) is 0 Å². The van der Waals surface area contributed by atoms with Crippen LogP contribution >= 0.6 is 12.6 Å². The molecule has 0 heterocycles. The quantitative estimate of drug-likeness (QED) is 0.375. The van der Waals surface area contributed by atoms with Crippen molar-refractivity contribution in [2.45, 2.75) is 6.42 Å². The van der Waals surface area contributed by atoms with Gasteiger partial charge in [-0.25, -0.2) is 0 Å². The Morgan fingerprint density at radius 2 is 1.62 bits per heavy atom. The first-order valence-electron chi connectivity index (χ1n) is 3.77. The van der Waals surface area contributed by atoms with Crippen LogP contribution in [-0.4, -0.2) is 52.0 Å². The van der Waals surface area contributed by atoms with Gasteiger partial charge in [0.25, 0.3) is 0 Å². The van der Waals surface area contributed by atoms with Gasteiger partial charge in [-0.2, -0.15) is 12.6 Å². The first kappa shape index (κ1) is 15.2. The summed E-state index contributed by atoms with van der Waals surface area (Å²) < 4.78 is 0. The first-order valence-corrected chi connectivity index (χ1v) is 4.40. The molecule has 80 valence electrons. The molecule has 0 rings (SSSR count). The Kier molecular flexibility index (Phi) is 13.7. The predicted molar refractivity (Wildman–Crippen MR) is 50.9 cm³/mol. The summed E-state index contributed by atoms with van der Waals surface area (Å²) in [6, 6.07) is 0. The molecule has 0 fully saturated rings. The lowest BCUT2D eigenvalue weighted by atomic mass is 10.1. The first-order chi connectivity index (χ1) is 6.12. The fraction of sp³-hybridized carbons (Fsp3) is 0.857. The second-order valence-electron chi connectivity index (χ2n) is 2.30. The second-order valence-corrected chi connectivity index (χ2v) is 2.61. The number of thiol groups is 1. The Bertz CT molecular complexity index is 115. The van der Waals surface area contributed by atoms with Crippen LogP contribution in [-0.2, 0) is 4.79 Å². The van der Waals surface area contributed by atoms with Crippen molar-refractivity contribution in [3.63, 3.8) is 0 Å². The van der Waals surface area contributed by atoms with Gasteiger partial charge < -0.3 is 20.4 Å². The number of aliphatic carboxylic acids is 1. The third-order valence-electron chi connectivity index (χ3n) is 1.19. The van der Waals surface area contributed by atoms with E-state index in [1.807, 2.05) is 0 Å². The minimum atomic E-state index is -0.881. The molecular formula is C7H16O5S. The molecule has 0 atom stereocenters. The summed E-state index contributed by atoms with van der Waals surface area (Å²) in [5.41, 5.74) is 0. The van der Waals surface area contributed by atoms with Gasteiger partial charge in [0.2, 0.25) is 0 Å². The van der Waals surface area contributed by atoms with Gasteiger partial charge in [-0.15, -0.1) is 0 Å². The SMILES string of the molecule is O=C(O)CS.OCCC(CO)CO. The maximum atomic E-state index is 9.29. The van der Waals surface area contributed by atoms with E-state index >= 15 is 0 Å². The van der Waals surface area contributed by atoms with E-state index in [1.54, 1.807) is 0 Å². The van der Waals surface area contributed by atoms with Crippen molar-refractivity contribution < 1.29 is 25.2 Å². The molecule has 13 heavy (non-hydrogen) atoms. The summed E-state index contributed by atoms with van der Waals surface area (Å²) in [7, 11) is 0. The zero-order valence-corrected chi connectivity index (χ0v) is 8.15. The topological polar surface area (TPSA) is 98.0 Å². The number of rotatable bonds is 5. The summed E-state index contributed by atoms with van der Waals surface area (Å²) in [6.07, 6.45) is 0.479. The predicted octanol–water partition coefficient (Wildman–Crippen LogP) is -1.03. The summed E-state index contributed by atoms with van der Waals surface area (Å²) in [5.74, 6) is -1.10. The molecule has 6 heteroatoms. The maximum Gasteiger partial charge on any atom is 0.313 e. The zero-order valence-electron chi connectivity index (χ0n) is 7.26. The average Bonchev–Trinajstić information content (AvgIpc) is 2.15. The molecule has 0 aliphatic carbocycles. The Balaban J connectivity index is 0. The third kappa shape index (κ3) is 14.5. The van der Waals surface area contributed by atoms with Gasteiger partial charge in [0.05, 0.1) is 5.75 Å². The lowest BCUT2D eigenvalue weighted by Crippen LogP contribution is -2.12. The number of carboxylic acid groups (broad SMARTS) is 1. The smallest absolute Gasteiger partial charge is 0.313 e. The van der Waals surface area contributed by atoms with Crippen molar-refractivity contribution in [3.05, 3.63) is 0 Å². The molecule has 4 N–H and O–H groups in total. The lowest BCUT2D eigenvalue weighted by Gasteiger charge is -2.06. The van der Waals surface area contributed by atoms with E-state index in [2.05, 4.69) is 12.6 Å². The fourth-order valence-corrected chi connectivity index (χ4v) is 0.423. The van der Waals surface area contributed by atoms with Gasteiger partial charge in [0.1, 0.15) is 0 Å². The van der Waals surface area contributed by atoms with E-state index in [0.717, 1.165) is 0 Å². The van der Waals surface area contributed by atoms with Crippen LogP contribution in [0.2, 0.25) is 0 Å². The second kappa shape index (κ2) is 11.7. The highest BCUT2D eigenvalue weighted by atomic mass is 32.1. The maximum absolute atomic E-state index is 9.29. The molecule has 0 saturated heterocycles. The van der Waals surface area contributed by atoms with Crippen molar-refractivity contribution in [3.8, 4) is 0 Å². The van der Waals surface area contributed by atoms with Crippen LogP contribution in [0.25, 0.3) is 0 Å². The minimum Gasteiger partial charge on any atom is -0.481 e. The van der Waals surface area contributed by atoms with Crippen LogP contribution in [0.1, 0.15) is 6.42 Å². The van der Waals surface area contributed by atoms with Gasteiger partial charge in [0.15, 0.2) is 0 Å². The van der Waals surface area contributed by atoms with Gasteiger partial charge in [-0.05, 0) is 6.42 Å². The largest absolute Gasteiger partial charge is 0.481 e. The Labute approximate surface area is 82.4 Å². The Morgan fingerprint density at radius 3 is 1.69 bits per heavy atom. The molecule has 0 saturated carbocycles. The number of hydrogen-bond donors (Lipinski definition) is 5. The third-order valence-corrected chi connectivity index (χ3v) is 1.46. The highest BCUT2D eigenvalue weighted by Crippen LogP contribution is 1.97. The molecule has 5 nitrogen and oxygen atoms in total. The highest BCUT2D eigenvalue weighted by Gasteiger charge is 2.02. The van der Waals surface area contributed by atoms with Crippen molar-refractivity contribution in [1.82, 2.24) is 0 Å². The number of aliphatic hydroxyl groups excluding tert-OH is 3. The van der Waals surface area contributed by atoms with Crippen LogP contribution in [0.15, 0.2) is 0 Å². The van der Waals surface area contributed by atoms with Gasteiger partial charge in [-0.1, -0.05) is 0 Å². The van der Waals surface area contributed by atoms with E-state index in [0.29, 0.717) is 6.42 Å². The number of hydrogen-bond acceptors (Lipinski definition) is 5. The molecule has 0 unspecified atom stereocenters. The molecule has 0 aromatic rings. The van der Waals surface area contributed by atoms with Crippen LogP contribution < -0.4 is 0 Å². The van der Waals surface area contributed by atoms with E-state index in [4.69, 9.17) is 20.4 Å². The highest BCUT2D eigenvalue weighted by molar-refractivity contribution is 7.81. The summed E-state index contributed by atoms with van der Waals surface area (Å²) in [4.78, 5) is 9.29. The molecule has 0 aromatic heterocycles. The summed E-state index contributed by atoms with van der Waals surface area (Å²) in [5, 5.41) is 32.7. The van der Waals surface area contributed by atoms with Gasteiger partial charge >= 0.3 is 5.97 Å². The van der Waals surface area contributed by atoms with Crippen molar-refractivity contribution in [1.29, 1.82) is 0 Å². The molecular weight excluding hydrogens is 196 g/mol. The van der Waals surface area contributed by atoms with E-state index in [-0.39, 0.29) is 31.5 Å². The standard InChI is InChI=1S/C5H12O3.C2H4O2S/c6-2-1-5(3-7)4-8;3-2(4)1-5/h5-8H,1-4H2;5H,1H2,(H,3,4). The van der Waals surface area contributed by atoms with Crippen LogP contribution in [0.4, 0.5) is 0 Å². The number of aliphatic hydroxyl groups is 3. The minimum absolute atomic E-state index is 0.0335. The summed E-state index contributed by atoms with van der Waals surface area (Å²) in [6.45, 7) is -0.0556. The Hall–Kier alpha value is -0.300. The molecule has 0 radical (unpaired) electrons. The normalized spacial score (nSPS) is 9.31. The fourth-order valence-electron chi connectivity index (χ4n) is 0.423. The molecule has 0 bridgehead atoms. The average molecular weight is 212 g/mol. The monoisotopic (exact) mass is 212 g/mol. The molecule has 0 aromatic carbocycles. The van der Waals surface area contributed by atoms with Crippen LogP contribution in [0, 0.1) is 5.92 Å². The molecule has 0 amide bonds. The molecule has 0 aliphatic heterocycles.